The van der Waals surface area contributed by atoms with Crippen LogP contribution in [0.4, 0.5) is 0 Å². The molecule has 2 aromatic heterocycles. The van der Waals surface area contributed by atoms with Crippen LogP contribution in [-0.2, 0) is 9.53 Å². The van der Waals surface area contributed by atoms with E-state index in [-0.39, 0.29) is 35.5 Å². The Hall–Kier alpha value is -2.70. The van der Waals surface area contributed by atoms with Crippen LogP contribution in [0, 0.1) is 23.7 Å². The lowest BCUT2D eigenvalue weighted by molar-refractivity contribution is -0.152. The number of aromatic nitrogens is 3. The van der Waals surface area contributed by atoms with Crippen molar-refractivity contribution in [2.75, 3.05) is 19.7 Å². The van der Waals surface area contributed by atoms with Crippen LogP contribution in [0.3, 0.4) is 0 Å². The van der Waals surface area contributed by atoms with Gasteiger partial charge in [0.25, 0.3) is 5.91 Å². The zero-order valence-electron chi connectivity index (χ0n) is 14.9. The normalized spacial score (nSPS) is 27.5. The van der Waals surface area contributed by atoms with Crippen molar-refractivity contribution < 1.29 is 14.3 Å². The highest BCUT2D eigenvalue weighted by Gasteiger charge is 2.46. The van der Waals surface area contributed by atoms with Crippen LogP contribution in [-0.4, -0.2) is 51.1 Å². The van der Waals surface area contributed by atoms with E-state index in [0.717, 1.165) is 0 Å². The van der Waals surface area contributed by atoms with Gasteiger partial charge in [-0.05, 0) is 36.8 Å². The second kappa shape index (κ2) is 6.55. The van der Waals surface area contributed by atoms with Crippen molar-refractivity contribution >= 4 is 17.5 Å². The maximum absolute atomic E-state index is 13.0. The number of carbonyl (C=O) groups excluding carboxylic acids is 2. The summed E-state index contributed by atoms with van der Waals surface area (Å²) in [6.07, 6.45) is 7.42. The average Bonchev–Trinajstić information content (AvgIpc) is 3.25. The molecule has 2 aliphatic rings. The van der Waals surface area contributed by atoms with Gasteiger partial charge in [0, 0.05) is 19.3 Å². The number of allylic oxidation sites excluding steroid dienone is 1. The number of likely N-dealkylation sites (tertiary alicyclic amines) is 1. The lowest BCUT2D eigenvalue weighted by Crippen LogP contribution is -2.37. The molecular formula is C19H22N4O3. The molecule has 0 aromatic carbocycles. The van der Waals surface area contributed by atoms with E-state index in [1.807, 2.05) is 24.8 Å². The minimum Gasteiger partial charge on any atom is -0.466 e. The van der Waals surface area contributed by atoms with Crippen LogP contribution in [0.25, 0.3) is 5.65 Å². The molecule has 2 aromatic rings. The molecule has 3 heterocycles. The van der Waals surface area contributed by atoms with Crippen molar-refractivity contribution in [1.82, 2.24) is 19.5 Å². The van der Waals surface area contributed by atoms with Crippen molar-refractivity contribution in [3.8, 4) is 0 Å². The fraction of sp³-hybridized carbons (Fsp3) is 0.474. The van der Waals surface area contributed by atoms with Gasteiger partial charge in [0.15, 0.2) is 11.3 Å². The Labute approximate surface area is 151 Å². The minimum absolute atomic E-state index is 0.0881. The molecule has 1 aliphatic heterocycles. The van der Waals surface area contributed by atoms with Crippen molar-refractivity contribution in [1.29, 1.82) is 0 Å². The number of amides is 1. The Bertz CT molecular complexity index is 875. The first-order valence-electron chi connectivity index (χ1n) is 9.03. The maximum atomic E-state index is 13.0. The first kappa shape index (κ1) is 16.8. The molecule has 26 heavy (non-hydrogen) atoms. The van der Waals surface area contributed by atoms with Gasteiger partial charge in [-0.2, -0.15) is 5.10 Å². The molecule has 4 rings (SSSR count). The first-order chi connectivity index (χ1) is 12.6. The van der Waals surface area contributed by atoms with Gasteiger partial charge in [0.2, 0.25) is 0 Å². The first-order valence-corrected chi connectivity index (χ1v) is 9.03. The largest absolute Gasteiger partial charge is 0.466 e. The van der Waals surface area contributed by atoms with Gasteiger partial charge in [0.05, 0.1) is 18.7 Å². The van der Waals surface area contributed by atoms with Gasteiger partial charge in [-0.3, -0.25) is 9.59 Å². The summed E-state index contributed by atoms with van der Waals surface area (Å²) >= 11 is 0. The predicted octanol–water partition coefficient (Wildman–Crippen LogP) is 1.80. The van der Waals surface area contributed by atoms with E-state index < -0.39 is 0 Å². The third kappa shape index (κ3) is 2.67. The van der Waals surface area contributed by atoms with E-state index in [0.29, 0.717) is 31.0 Å². The van der Waals surface area contributed by atoms with Crippen LogP contribution in [0.5, 0.6) is 0 Å². The molecule has 4 atom stereocenters. The summed E-state index contributed by atoms with van der Waals surface area (Å²) in [5, 5.41) is 4.22. The highest BCUT2D eigenvalue weighted by atomic mass is 16.5. The number of ether oxygens (including phenoxy) is 1. The molecule has 0 N–H and O–H groups in total. The summed E-state index contributed by atoms with van der Waals surface area (Å²) in [6.45, 7) is 5.37. The minimum atomic E-state index is -0.206. The number of hydrogen-bond acceptors (Lipinski definition) is 5. The Morgan fingerprint density at radius 1 is 1.31 bits per heavy atom. The Balaban J connectivity index is 1.58. The summed E-state index contributed by atoms with van der Waals surface area (Å²) in [5.74, 6) is -0.0906. The number of nitrogens with zero attached hydrogens (tertiary/aromatic N) is 4. The van der Waals surface area contributed by atoms with E-state index in [9.17, 15) is 9.59 Å². The Kier molecular flexibility index (Phi) is 4.22. The van der Waals surface area contributed by atoms with Crippen LogP contribution in [0.2, 0.25) is 0 Å². The van der Waals surface area contributed by atoms with E-state index in [2.05, 4.69) is 22.2 Å². The molecule has 1 fully saturated rings. The molecule has 1 aliphatic carbocycles. The number of hydrogen-bond donors (Lipinski definition) is 0. The molecule has 0 radical (unpaired) electrons. The van der Waals surface area contributed by atoms with Gasteiger partial charge < -0.3 is 9.64 Å². The number of rotatable bonds is 3. The molecule has 0 spiro atoms. The van der Waals surface area contributed by atoms with E-state index in [4.69, 9.17) is 4.74 Å². The number of fused-ring (bicyclic) bond motifs is 2. The summed E-state index contributed by atoms with van der Waals surface area (Å²) in [6, 6.07) is 3.60. The van der Waals surface area contributed by atoms with Gasteiger partial charge in [-0.1, -0.05) is 19.1 Å². The second-order valence-electron chi connectivity index (χ2n) is 7.00. The van der Waals surface area contributed by atoms with Gasteiger partial charge in [-0.15, -0.1) is 0 Å². The average molecular weight is 354 g/mol. The molecule has 7 heteroatoms. The molecule has 0 bridgehead atoms. The maximum Gasteiger partial charge on any atom is 0.309 e. The van der Waals surface area contributed by atoms with E-state index in [1.54, 1.807) is 23.0 Å². The summed E-state index contributed by atoms with van der Waals surface area (Å²) in [5.41, 5.74) is 1.09. The zero-order valence-corrected chi connectivity index (χ0v) is 14.9. The summed E-state index contributed by atoms with van der Waals surface area (Å²) < 4.78 is 6.85. The second-order valence-corrected chi connectivity index (χ2v) is 7.00. The van der Waals surface area contributed by atoms with E-state index >= 15 is 0 Å². The Morgan fingerprint density at radius 2 is 2.15 bits per heavy atom. The molecule has 1 amide bonds. The molecule has 7 nitrogen and oxygen atoms in total. The van der Waals surface area contributed by atoms with Crippen LogP contribution < -0.4 is 0 Å². The fourth-order valence-corrected chi connectivity index (χ4v) is 4.20. The van der Waals surface area contributed by atoms with E-state index in [1.165, 1.54) is 0 Å². The highest BCUT2D eigenvalue weighted by Crippen LogP contribution is 2.40. The zero-order chi connectivity index (χ0) is 18.3. The molecule has 0 saturated carbocycles. The monoisotopic (exact) mass is 354 g/mol. The Morgan fingerprint density at radius 3 is 2.96 bits per heavy atom. The lowest BCUT2D eigenvalue weighted by Gasteiger charge is -2.31. The summed E-state index contributed by atoms with van der Waals surface area (Å²) in [7, 11) is 0. The smallest absolute Gasteiger partial charge is 0.309 e. The number of imidazole rings is 1. The molecule has 0 unspecified atom stereocenters. The molecule has 1 saturated heterocycles. The van der Waals surface area contributed by atoms with Crippen molar-refractivity contribution in [2.24, 2.45) is 23.7 Å². The van der Waals surface area contributed by atoms with Crippen molar-refractivity contribution in [3.05, 3.63) is 42.4 Å². The number of esters is 1. The van der Waals surface area contributed by atoms with Crippen LogP contribution in [0.15, 0.2) is 36.7 Å². The third-order valence-electron chi connectivity index (χ3n) is 5.44. The fourth-order valence-electron chi connectivity index (χ4n) is 4.20. The van der Waals surface area contributed by atoms with Crippen molar-refractivity contribution in [3.63, 3.8) is 0 Å². The van der Waals surface area contributed by atoms with Crippen LogP contribution in [0.1, 0.15) is 24.3 Å². The predicted molar refractivity (Wildman–Crippen MR) is 94.3 cm³/mol. The topological polar surface area (TPSA) is 76.8 Å². The van der Waals surface area contributed by atoms with Crippen LogP contribution >= 0.6 is 0 Å². The van der Waals surface area contributed by atoms with Gasteiger partial charge in [-0.25, -0.2) is 9.50 Å². The standard InChI is InChI=1S/C19H22N4O3/c1-3-26-19(25)17-12(2)6-7-13-10-22(11-14(13)17)18(24)15-9-20-16-5-4-8-21-23(15)16/h4-9,12-14,17H,3,10-11H2,1-2H3/t12-,13-,14+,17+/m0/s1. The third-order valence-corrected chi connectivity index (χ3v) is 5.44. The quantitative estimate of drug-likeness (QED) is 0.620. The highest BCUT2D eigenvalue weighted by molar-refractivity contribution is 5.93. The molecular weight excluding hydrogens is 332 g/mol. The lowest BCUT2D eigenvalue weighted by atomic mass is 9.72. The number of carbonyl (C=O) groups is 2. The van der Waals surface area contributed by atoms with Gasteiger partial charge >= 0.3 is 5.97 Å². The SMILES string of the molecule is CCOC(=O)[C@H]1[C@@H]2CN(C(=O)c3cnc4cccnn34)C[C@@H]2C=C[C@@H]1C. The molecule has 136 valence electrons. The summed E-state index contributed by atoms with van der Waals surface area (Å²) in [4.78, 5) is 31.5. The van der Waals surface area contributed by atoms with Gasteiger partial charge in [0.1, 0.15) is 0 Å². The van der Waals surface area contributed by atoms with Crippen molar-refractivity contribution in [2.45, 2.75) is 13.8 Å².